The Balaban J connectivity index is 2.52. The molecule has 0 atom stereocenters. The molecule has 0 unspecified atom stereocenters. The van der Waals surface area contributed by atoms with Gasteiger partial charge in [0.1, 0.15) is 11.6 Å². The number of nitrogen functional groups attached to an aromatic ring is 1. The van der Waals surface area contributed by atoms with Crippen molar-refractivity contribution >= 4 is 5.82 Å². The van der Waals surface area contributed by atoms with Crippen molar-refractivity contribution in [1.82, 2.24) is 14.9 Å². The van der Waals surface area contributed by atoms with E-state index >= 15 is 0 Å². The Kier molecular flexibility index (Phi) is 5.86. The molecule has 17 heavy (non-hydrogen) atoms. The minimum absolute atomic E-state index is 0.675. The van der Waals surface area contributed by atoms with Gasteiger partial charge in [-0.1, -0.05) is 19.8 Å². The molecule has 0 saturated carbocycles. The highest BCUT2D eigenvalue weighted by Gasteiger charge is 2.05. The first-order valence-electron chi connectivity index (χ1n) is 6.15. The highest BCUT2D eigenvalue weighted by atomic mass is 15.3. The minimum atomic E-state index is 0.675. The Morgan fingerprint density at radius 1 is 1.35 bits per heavy atom. The smallest absolute Gasteiger partial charge is 0.144 e. The lowest BCUT2D eigenvalue weighted by atomic mass is 10.2. The van der Waals surface area contributed by atoms with Crippen LogP contribution >= 0.6 is 0 Å². The summed E-state index contributed by atoms with van der Waals surface area (Å²) < 4.78 is 0. The standard InChI is InChI=1S/C12H23N5/c1-4-5-6-7-17(3)9-12-14-10(2)8-11(15-12)16-13/h8H,4-7,9,13H2,1-3H3,(H,14,15,16). The van der Waals surface area contributed by atoms with Crippen LogP contribution in [0.25, 0.3) is 0 Å². The number of hydrogen-bond donors (Lipinski definition) is 2. The third kappa shape index (κ3) is 5.10. The highest BCUT2D eigenvalue weighted by Crippen LogP contribution is 2.07. The van der Waals surface area contributed by atoms with Crippen molar-refractivity contribution < 1.29 is 0 Å². The number of rotatable bonds is 7. The molecule has 0 spiro atoms. The van der Waals surface area contributed by atoms with Gasteiger partial charge < -0.3 is 5.43 Å². The van der Waals surface area contributed by atoms with Gasteiger partial charge in [-0.15, -0.1) is 0 Å². The molecule has 0 amide bonds. The zero-order valence-electron chi connectivity index (χ0n) is 11.0. The lowest BCUT2D eigenvalue weighted by Gasteiger charge is -2.15. The van der Waals surface area contributed by atoms with Crippen molar-refractivity contribution in [3.63, 3.8) is 0 Å². The van der Waals surface area contributed by atoms with E-state index in [1.165, 1.54) is 19.3 Å². The summed E-state index contributed by atoms with van der Waals surface area (Å²) in [6, 6.07) is 1.83. The molecule has 0 aliphatic rings. The monoisotopic (exact) mass is 237 g/mol. The van der Waals surface area contributed by atoms with Gasteiger partial charge in [0.05, 0.1) is 6.54 Å². The largest absolute Gasteiger partial charge is 0.308 e. The van der Waals surface area contributed by atoms with Crippen molar-refractivity contribution in [3.05, 3.63) is 17.6 Å². The highest BCUT2D eigenvalue weighted by molar-refractivity contribution is 5.33. The van der Waals surface area contributed by atoms with E-state index in [1.54, 1.807) is 0 Å². The fourth-order valence-corrected chi connectivity index (χ4v) is 1.73. The summed E-state index contributed by atoms with van der Waals surface area (Å²) >= 11 is 0. The van der Waals surface area contributed by atoms with E-state index in [0.29, 0.717) is 5.82 Å². The van der Waals surface area contributed by atoms with Gasteiger partial charge in [0.2, 0.25) is 0 Å². The van der Waals surface area contributed by atoms with Crippen LogP contribution in [-0.2, 0) is 6.54 Å². The van der Waals surface area contributed by atoms with Crippen LogP contribution in [0, 0.1) is 6.92 Å². The van der Waals surface area contributed by atoms with Gasteiger partial charge >= 0.3 is 0 Å². The molecule has 5 heteroatoms. The summed E-state index contributed by atoms with van der Waals surface area (Å²) in [6.07, 6.45) is 3.74. The molecule has 3 N–H and O–H groups in total. The predicted molar refractivity (Wildman–Crippen MR) is 70.4 cm³/mol. The molecular formula is C12H23N5. The number of nitrogens with zero attached hydrogens (tertiary/aromatic N) is 3. The fourth-order valence-electron chi connectivity index (χ4n) is 1.73. The maximum atomic E-state index is 5.36. The normalized spacial score (nSPS) is 10.9. The van der Waals surface area contributed by atoms with Crippen molar-refractivity contribution in [2.45, 2.75) is 39.7 Å². The molecule has 1 aromatic rings. The first-order valence-corrected chi connectivity index (χ1v) is 6.15. The van der Waals surface area contributed by atoms with Gasteiger partial charge in [-0.2, -0.15) is 0 Å². The van der Waals surface area contributed by atoms with Crippen molar-refractivity contribution in [2.75, 3.05) is 19.0 Å². The number of unbranched alkanes of at least 4 members (excludes halogenated alkanes) is 2. The molecule has 5 nitrogen and oxygen atoms in total. The first-order chi connectivity index (χ1) is 8.15. The van der Waals surface area contributed by atoms with E-state index in [1.807, 2.05) is 13.0 Å². The van der Waals surface area contributed by atoms with E-state index in [4.69, 9.17) is 5.84 Å². The minimum Gasteiger partial charge on any atom is -0.308 e. The van der Waals surface area contributed by atoms with Crippen LogP contribution in [0.3, 0.4) is 0 Å². The molecule has 0 fully saturated rings. The number of aryl methyl sites for hydroxylation is 1. The van der Waals surface area contributed by atoms with E-state index in [9.17, 15) is 0 Å². The number of hydrazine groups is 1. The van der Waals surface area contributed by atoms with Gasteiger partial charge in [0.15, 0.2) is 0 Å². The van der Waals surface area contributed by atoms with Crippen LogP contribution in [0.1, 0.15) is 37.7 Å². The van der Waals surface area contributed by atoms with E-state index in [-0.39, 0.29) is 0 Å². The number of anilines is 1. The second-order valence-corrected chi connectivity index (χ2v) is 4.40. The van der Waals surface area contributed by atoms with E-state index < -0.39 is 0 Å². The van der Waals surface area contributed by atoms with Crippen molar-refractivity contribution in [3.8, 4) is 0 Å². The van der Waals surface area contributed by atoms with Gasteiger partial charge in [0, 0.05) is 11.8 Å². The fraction of sp³-hybridized carbons (Fsp3) is 0.667. The third-order valence-electron chi connectivity index (χ3n) is 2.60. The molecule has 1 aromatic heterocycles. The average molecular weight is 237 g/mol. The maximum absolute atomic E-state index is 5.36. The lowest BCUT2D eigenvalue weighted by Crippen LogP contribution is -2.21. The van der Waals surface area contributed by atoms with Gasteiger partial charge in [0.25, 0.3) is 0 Å². The summed E-state index contributed by atoms with van der Waals surface area (Å²) in [5, 5.41) is 0. The zero-order valence-corrected chi connectivity index (χ0v) is 11.0. The summed E-state index contributed by atoms with van der Waals surface area (Å²) in [5.74, 6) is 6.85. The molecule has 0 bridgehead atoms. The second-order valence-electron chi connectivity index (χ2n) is 4.40. The summed E-state index contributed by atoms with van der Waals surface area (Å²) in [4.78, 5) is 11.0. The third-order valence-corrected chi connectivity index (χ3v) is 2.60. The Labute approximate surface area is 103 Å². The quantitative estimate of drug-likeness (QED) is 0.429. The van der Waals surface area contributed by atoms with Gasteiger partial charge in [-0.25, -0.2) is 15.8 Å². The molecule has 0 aliphatic heterocycles. The molecule has 0 aromatic carbocycles. The summed E-state index contributed by atoms with van der Waals surface area (Å²) in [6.45, 7) is 6.00. The molecule has 0 radical (unpaired) electrons. The number of hydrogen-bond acceptors (Lipinski definition) is 5. The Hall–Kier alpha value is -1.20. The van der Waals surface area contributed by atoms with Gasteiger partial charge in [-0.3, -0.25) is 4.90 Å². The second kappa shape index (κ2) is 7.19. The molecule has 1 rings (SSSR count). The topological polar surface area (TPSA) is 67.1 Å². The first kappa shape index (κ1) is 13.9. The van der Waals surface area contributed by atoms with Crippen molar-refractivity contribution in [1.29, 1.82) is 0 Å². The summed E-state index contributed by atoms with van der Waals surface area (Å²) in [5.41, 5.74) is 3.50. The number of aromatic nitrogens is 2. The summed E-state index contributed by atoms with van der Waals surface area (Å²) in [7, 11) is 2.09. The van der Waals surface area contributed by atoms with Crippen molar-refractivity contribution in [2.24, 2.45) is 5.84 Å². The van der Waals surface area contributed by atoms with Crippen LogP contribution in [-0.4, -0.2) is 28.5 Å². The Bertz CT molecular complexity index is 340. The SMILES string of the molecule is CCCCCN(C)Cc1nc(C)cc(NN)n1. The molecular weight excluding hydrogens is 214 g/mol. The molecule has 0 aliphatic carbocycles. The van der Waals surface area contributed by atoms with Crippen LogP contribution < -0.4 is 11.3 Å². The maximum Gasteiger partial charge on any atom is 0.144 e. The van der Waals surface area contributed by atoms with Crippen LogP contribution in [0.5, 0.6) is 0 Å². The molecule has 0 saturated heterocycles. The molecule has 96 valence electrons. The predicted octanol–water partition coefficient (Wildman–Crippen LogP) is 1.69. The number of nitrogens with two attached hydrogens (primary N) is 1. The van der Waals surface area contributed by atoms with Crippen LogP contribution in [0.4, 0.5) is 5.82 Å². The average Bonchev–Trinajstić information content (AvgIpc) is 2.28. The zero-order chi connectivity index (χ0) is 12.7. The number of nitrogens with one attached hydrogen (secondary N) is 1. The van der Waals surface area contributed by atoms with Gasteiger partial charge in [-0.05, 0) is 26.9 Å². The van der Waals surface area contributed by atoms with Crippen LogP contribution in [0.15, 0.2) is 6.07 Å². The Morgan fingerprint density at radius 2 is 2.12 bits per heavy atom. The van der Waals surface area contributed by atoms with E-state index in [2.05, 4.69) is 34.3 Å². The lowest BCUT2D eigenvalue weighted by molar-refractivity contribution is 0.310. The van der Waals surface area contributed by atoms with Crippen LogP contribution in [0.2, 0.25) is 0 Å². The Morgan fingerprint density at radius 3 is 2.76 bits per heavy atom. The molecule has 1 heterocycles. The van der Waals surface area contributed by atoms with E-state index in [0.717, 1.165) is 24.6 Å².